The van der Waals surface area contributed by atoms with Crippen molar-refractivity contribution in [1.29, 1.82) is 0 Å². The molecule has 0 spiro atoms. The minimum absolute atomic E-state index is 0.00994. The van der Waals surface area contributed by atoms with E-state index in [0.717, 1.165) is 19.3 Å². The molecule has 178 valence electrons. The van der Waals surface area contributed by atoms with Gasteiger partial charge in [-0.15, -0.1) is 0 Å². The summed E-state index contributed by atoms with van der Waals surface area (Å²) in [5, 5.41) is 2.79. The molecule has 0 aliphatic heterocycles. The van der Waals surface area contributed by atoms with Gasteiger partial charge in [-0.25, -0.2) is 8.37 Å². The smallest absolute Gasteiger partial charge is 0.356 e. The molecule has 0 saturated carbocycles. The van der Waals surface area contributed by atoms with E-state index in [1.165, 1.54) is 64.2 Å². The van der Waals surface area contributed by atoms with Gasteiger partial charge in [-0.1, -0.05) is 70.4 Å². The van der Waals surface area contributed by atoms with E-state index in [2.05, 4.69) is 32.8 Å². The molecule has 0 aromatic heterocycles. The summed E-state index contributed by atoms with van der Waals surface area (Å²) in [5.41, 5.74) is 0. The van der Waals surface area contributed by atoms with Gasteiger partial charge in [-0.2, -0.15) is 8.42 Å². The molecule has 7 heteroatoms. The molecule has 1 amide bonds. The molecule has 0 aromatic carbocycles. The highest BCUT2D eigenvalue weighted by Gasteiger charge is 2.09. The Hall–Kier alpha value is -0.920. The van der Waals surface area contributed by atoms with Crippen LogP contribution in [0.15, 0.2) is 12.2 Å². The molecule has 0 radical (unpaired) electrons. The molecule has 0 bridgehead atoms. The van der Waals surface area contributed by atoms with Gasteiger partial charge < -0.3 is 5.32 Å². The van der Waals surface area contributed by atoms with E-state index in [1.807, 2.05) is 0 Å². The largest absolute Gasteiger partial charge is 0.399 e. The van der Waals surface area contributed by atoms with Crippen LogP contribution < -0.4 is 5.32 Å². The molecule has 0 rings (SSSR count). The standard InChI is InChI=1S/C23H45NO5S/c1-3-5-6-7-8-9-10-11-12-13-14-15-16-17-18-20-23(25)24-21-19-22-29-30(26,27)28-4-2/h11-12H,3-10,13-22H2,1-2H3,(H,24,25)/b12-11-. The van der Waals surface area contributed by atoms with Gasteiger partial charge in [-0.05, 0) is 45.4 Å². The van der Waals surface area contributed by atoms with Gasteiger partial charge in [0, 0.05) is 13.0 Å². The zero-order valence-corrected chi connectivity index (χ0v) is 20.1. The van der Waals surface area contributed by atoms with Gasteiger partial charge in [0.2, 0.25) is 5.91 Å². The van der Waals surface area contributed by atoms with Gasteiger partial charge >= 0.3 is 10.4 Å². The van der Waals surface area contributed by atoms with Crippen LogP contribution >= 0.6 is 0 Å². The molecule has 0 aliphatic rings. The summed E-state index contributed by atoms with van der Waals surface area (Å²) < 4.78 is 31.4. The van der Waals surface area contributed by atoms with Crippen molar-refractivity contribution in [1.82, 2.24) is 5.32 Å². The van der Waals surface area contributed by atoms with Crippen LogP contribution in [0.25, 0.3) is 0 Å². The van der Waals surface area contributed by atoms with Gasteiger partial charge in [-0.3, -0.25) is 4.79 Å². The Bertz CT molecular complexity index is 520. The van der Waals surface area contributed by atoms with Crippen LogP contribution in [0.2, 0.25) is 0 Å². The Kier molecular flexibility index (Phi) is 20.7. The number of hydrogen-bond acceptors (Lipinski definition) is 5. The highest BCUT2D eigenvalue weighted by molar-refractivity contribution is 7.81. The molecule has 6 nitrogen and oxygen atoms in total. The van der Waals surface area contributed by atoms with Crippen LogP contribution in [0.5, 0.6) is 0 Å². The van der Waals surface area contributed by atoms with Crippen molar-refractivity contribution in [2.75, 3.05) is 19.8 Å². The second kappa shape index (κ2) is 21.3. The Labute approximate surface area is 185 Å². The number of allylic oxidation sites excluding steroid dienone is 2. The first-order chi connectivity index (χ1) is 14.5. The van der Waals surface area contributed by atoms with E-state index in [9.17, 15) is 13.2 Å². The van der Waals surface area contributed by atoms with Crippen LogP contribution in [0.1, 0.15) is 110 Å². The number of amides is 1. The van der Waals surface area contributed by atoms with Gasteiger partial charge in [0.15, 0.2) is 0 Å². The average Bonchev–Trinajstić information content (AvgIpc) is 2.70. The van der Waals surface area contributed by atoms with Crippen molar-refractivity contribution in [3.05, 3.63) is 12.2 Å². The lowest BCUT2D eigenvalue weighted by Gasteiger charge is -2.06. The van der Waals surface area contributed by atoms with E-state index in [1.54, 1.807) is 6.92 Å². The van der Waals surface area contributed by atoms with Crippen LogP contribution in [0, 0.1) is 0 Å². The van der Waals surface area contributed by atoms with Crippen molar-refractivity contribution < 1.29 is 21.6 Å². The monoisotopic (exact) mass is 447 g/mol. The zero-order chi connectivity index (χ0) is 22.3. The summed E-state index contributed by atoms with van der Waals surface area (Å²) in [5.74, 6) is 0.0142. The highest BCUT2D eigenvalue weighted by Crippen LogP contribution is 2.10. The summed E-state index contributed by atoms with van der Waals surface area (Å²) in [6, 6.07) is 0. The third kappa shape index (κ3) is 21.8. The molecule has 0 fully saturated rings. The third-order valence-corrected chi connectivity index (χ3v) is 5.78. The predicted molar refractivity (Wildman–Crippen MR) is 124 cm³/mol. The Morgan fingerprint density at radius 2 is 1.33 bits per heavy atom. The third-order valence-electron chi connectivity index (χ3n) is 4.80. The molecule has 30 heavy (non-hydrogen) atoms. The second-order valence-electron chi connectivity index (χ2n) is 7.67. The predicted octanol–water partition coefficient (Wildman–Crippen LogP) is 5.83. The summed E-state index contributed by atoms with van der Waals surface area (Å²) >= 11 is 0. The fourth-order valence-corrected chi connectivity index (χ4v) is 3.76. The van der Waals surface area contributed by atoms with Crippen molar-refractivity contribution in [2.45, 2.75) is 110 Å². The normalized spacial score (nSPS) is 11.9. The van der Waals surface area contributed by atoms with Crippen molar-refractivity contribution >= 4 is 16.3 Å². The van der Waals surface area contributed by atoms with E-state index in [4.69, 9.17) is 0 Å². The average molecular weight is 448 g/mol. The molecule has 1 N–H and O–H groups in total. The Balaban J connectivity index is 3.34. The second-order valence-corrected chi connectivity index (χ2v) is 8.96. The maximum absolute atomic E-state index is 11.7. The van der Waals surface area contributed by atoms with Gasteiger partial charge in [0.05, 0.1) is 13.2 Å². The van der Waals surface area contributed by atoms with Crippen LogP contribution in [-0.2, 0) is 23.6 Å². The number of carbonyl (C=O) groups is 1. The minimum Gasteiger partial charge on any atom is -0.356 e. The first-order valence-corrected chi connectivity index (χ1v) is 13.3. The molecule has 0 unspecified atom stereocenters. The minimum atomic E-state index is -3.89. The molecule has 0 aromatic rings. The Morgan fingerprint density at radius 3 is 1.93 bits per heavy atom. The van der Waals surface area contributed by atoms with E-state index < -0.39 is 10.4 Å². The molecular weight excluding hydrogens is 402 g/mol. The molecular formula is C23H45NO5S. The van der Waals surface area contributed by atoms with Crippen LogP contribution in [0.4, 0.5) is 0 Å². The maximum atomic E-state index is 11.7. The van der Waals surface area contributed by atoms with E-state index in [-0.39, 0.29) is 19.1 Å². The van der Waals surface area contributed by atoms with Crippen molar-refractivity contribution in [3.8, 4) is 0 Å². The van der Waals surface area contributed by atoms with Crippen LogP contribution in [0.3, 0.4) is 0 Å². The SMILES string of the molecule is CCCCCCCC/C=C\CCCCCCCC(=O)NCCCOS(=O)(=O)OCC. The topological polar surface area (TPSA) is 81.7 Å². The quantitative estimate of drug-likeness (QED) is 0.167. The van der Waals surface area contributed by atoms with Gasteiger partial charge in [0.1, 0.15) is 0 Å². The molecule has 0 saturated heterocycles. The lowest BCUT2D eigenvalue weighted by Crippen LogP contribution is -2.25. The van der Waals surface area contributed by atoms with E-state index in [0.29, 0.717) is 19.4 Å². The van der Waals surface area contributed by atoms with Crippen molar-refractivity contribution in [3.63, 3.8) is 0 Å². The summed E-state index contributed by atoms with van der Waals surface area (Å²) in [7, 11) is -3.89. The maximum Gasteiger partial charge on any atom is 0.399 e. The first kappa shape index (κ1) is 29.1. The number of nitrogens with one attached hydrogen (secondary N) is 1. The molecule has 0 atom stereocenters. The van der Waals surface area contributed by atoms with Crippen molar-refractivity contribution in [2.24, 2.45) is 0 Å². The van der Waals surface area contributed by atoms with Gasteiger partial charge in [0.25, 0.3) is 0 Å². The molecule has 0 heterocycles. The lowest BCUT2D eigenvalue weighted by molar-refractivity contribution is -0.121. The molecule has 0 aliphatic carbocycles. The number of unbranched alkanes of at least 4 members (excludes halogenated alkanes) is 11. The highest BCUT2D eigenvalue weighted by atomic mass is 32.3. The lowest BCUT2D eigenvalue weighted by atomic mass is 10.1. The zero-order valence-electron chi connectivity index (χ0n) is 19.3. The summed E-state index contributed by atoms with van der Waals surface area (Å²) in [6.45, 7) is 4.30. The Morgan fingerprint density at radius 1 is 0.767 bits per heavy atom. The van der Waals surface area contributed by atoms with Crippen LogP contribution in [-0.4, -0.2) is 34.1 Å². The number of carbonyl (C=O) groups excluding carboxylic acids is 1. The summed E-state index contributed by atoms with van der Waals surface area (Å²) in [4.78, 5) is 11.7. The fourth-order valence-electron chi connectivity index (χ4n) is 3.08. The number of rotatable bonds is 22. The fraction of sp³-hybridized carbons (Fsp3) is 0.870. The van der Waals surface area contributed by atoms with E-state index >= 15 is 0 Å². The first-order valence-electron chi connectivity index (χ1n) is 12.0. The summed E-state index contributed by atoms with van der Waals surface area (Å²) in [6.07, 6.45) is 21.7. The number of hydrogen-bond donors (Lipinski definition) is 1.